The number of carbonyl (C=O) groups excluding carboxylic acids is 1. The third-order valence-corrected chi connectivity index (χ3v) is 4.01. The van der Waals surface area contributed by atoms with E-state index in [1.54, 1.807) is 6.07 Å². The first-order valence-electron chi connectivity index (χ1n) is 6.68. The van der Waals surface area contributed by atoms with Crippen LogP contribution in [0.25, 0.3) is 0 Å². The Balaban J connectivity index is 2.27. The summed E-state index contributed by atoms with van der Waals surface area (Å²) in [5.41, 5.74) is 1.67. The average molecular weight is 276 g/mol. The average Bonchev–Trinajstić information content (AvgIpc) is 2.44. The molecule has 20 heavy (non-hydrogen) atoms. The summed E-state index contributed by atoms with van der Waals surface area (Å²) in [6.45, 7) is 4.75. The van der Waals surface area contributed by atoms with Gasteiger partial charge in [-0.1, -0.05) is 6.07 Å². The second kappa shape index (κ2) is 5.25. The Morgan fingerprint density at radius 1 is 1.30 bits per heavy atom. The number of hydrogen-bond donors (Lipinski definition) is 2. The van der Waals surface area contributed by atoms with Gasteiger partial charge in [0.05, 0.1) is 0 Å². The van der Waals surface area contributed by atoms with Crippen LogP contribution >= 0.6 is 0 Å². The zero-order chi connectivity index (χ0) is 14.9. The molecule has 5 heteroatoms. The molecule has 1 amide bonds. The number of rotatable bonds is 3. The molecule has 0 fully saturated rings. The Morgan fingerprint density at radius 3 is 2.65 bits per heavy atom. The van der Waals surface area contributed by atoms with Crippen molar-refractivity contribution in [2.75, 3.05) is 13.6 Å². The molecule has 1 aliphatic rings. The van der Waals surface area contributed by atoms with Gasteiger partial charge in [-0.05, 0) is 50.1 Å². The summed E-state index contributed by atoms with van der Waals surface area (Å²) >= 11 is 0. The highest BCUT2D eigenvalue weighted by Crippen LogP contribution is 2.20. The van der Waals surface area contributed by atoms with E-state index in [0.717, 1.165) is 25.1 Å². The summed E-state index contributed by atoms with van der Waals surface area (Å²) in [6, 6.07) is 5.60. The molecule has 108 valence electrons. The van der Waals surface area contributed by atoms with E-state index in [1.165, 1.54) is 31.4 Å². The molecule has 0 bridgehead atoms. The van der Waals surface area contributed by atoms with E-state index in [1.807, 2.05) is 12.1 Å². The molecule has 1 aromatic carbocycles. The fourth-order valence-corrected chi connectivity index (χ4v) is 2.20. The lowest BCUT2D eigenvalue weighted by molar-refractivity contribution is -0.147. The van der Waals surface area contributed by atoms with Crippen LogP contribution in [-0.2, 0) is 17.8 Å². The van der Waals surface area contributed by atoms with Gasteiger partial charge in [-0.2, -0.15) is 0 Å². The smallest absolute Gasteiger partial charge is 0.329 e. The highest BCUT2D eigenvalue weighted by Gasteiger charge is 2.35. The van der Waals surface area contributed by atoms with E-state index in [2.05, 4.69) is 5.32 Å². The topological polar surface area (TPSA) is 69.6 Å². The van der Waals surface area contributed by atoms with E-state index in [-0.39, 0.29) is 5.91 Å². The van der Waals surface area contributed by atoms with Crippen molar-refractivity contribution in [3.05, 3.63) is 34.9 Å². The molecule has 2 rings (SSSR count). The molecule has 0 atom stereocenters. The van der Waals surface area contributed by atoms with Crippen molar-refractivity contribution in [2.24, 2.45) is 0 Å². The van der Waals surface area contributed by atoms with E-state index >= 15 is 0 Å². The fourth-order valence-electron chi connectivity index (χ4n) is 2.20. The Labute approximate surface area is 118 Å². The number of nitrogens with zero attached hydrogens (tertiary/aromatic N) is 1. The Kier molecular flexibility index (Phi) is 3.81. The van der Waals surface area contributed by atoms with Crippen molar-refractivity contribution in [2.45, 2.75) is 32.4 Å². The van der Waals surface area contributed by atoms with Crippen LogP contribution in [0.4, 0.5) is 0 Å². The Morgan fingerprint density at radius 2 is 2.00 bits per heavy atom. The van der Waals surface area contributed by atoms with Crippen LogP contribution < -0.4 is 5.32 Å². The van der Waals surface area contributed by atoms with Crippen LogP contribution in [0.2, 0.25) is 0 Å². The number of carboxylic acids is 1. The first-order valence-corrected chi connectivity index (χ1v) is 6.68. The number of amides is 1. The van der Waals surface area contributed by atoms with E-state index in [9.17, 15) is 14.7 Å². The molecule has 0 radical (unpaired) electrons. The van der Waals surface area contributed by atoms with Crippen molar-refractivity contribution >= 4 is 11.9 Å². The van der Waals surface area contributed by atoms with Crippen LogP contribution in [-0.4, -0.2) is 41.0 Å². The largest absolute Gasteiger partial charge is 0.480 e. The summed E-state index contributed by atoms with van der Waals surface area (Å²) in [4.78, 5) is 24.9. The molecule has 0 saturated heterocycles. The van der Waals surface area contributed by atoms with Gasteiger partial charge in [0.1, 0.15) is 5.54 Å². The quantitative estimate of drug-likeness (QED) is 0.872. The molecule has 2 N–H and O–H groups in total. The number of fused-ring (bicyclic) bond motifs is 1. The summed E-state index contributed by atoms with van der Waals surface area (Å²) in [6.07, 6.45) is 0.959. The standard InChI is InChI=1S/C15H20N2O3/c1-15(2,14(19)20)17(3)13(18)11-5-4-10-6-7-16-9-12(10)8-11/h4-5,8,16H,6-7,9H2,1-3H3,(H,19,20). The summed E-state index contributed by atoms with van der Waals surface area (Å²) < 4.78 is 0. The fraction of sp³-hybridized carbons (Fsp3) is 0.467. The van der Waals surface area contributed by atoms with Crippen molar-refractivity contribution in [1.82, 2.24) is 10.2 Å². The van der Waals surface area contributed by atoms with Gasteiger partial charge in [-0.3, -0.25) is 4.79 Å². The SMILES string of the molecule is CN(C(=O)c1ccc2c(c1)CNCC2)C(C)(C)C(=O)O. The molecular formula is C15H20N2O3. The van der Waals surface area contributed by atoms with E-state index in [0.29, 0.717) is 5.56 Å². The van der Waals surface area contributed by atoms with Gasteiger partial charge in [0.2, 0.25) is 0 Å². The number of nitrogens with one attached hydrogen (secondary N) is 1. The maximum absolute atomic E-state index is 12.4. The predicted molar refractivity (Wildman–Crippen MR) is 75.7 cm³/mol. The maximum Gasteiger partial charge on any atom is 0.329 e. The minimum absolute atomic E-state index is 0.272. The number of likely N-dealkylation sites (N-methyl/N-ethyl adjacent to an activating group) is 1. The van der Waals surface area contributed by atoms with Gasteiger partial charge in [0.15, 0.2) is 0 Å². The zero-order valence-electron chi connectivity index (χ0n) is 12.1. The molecule has 0 aliphatic carbocycles. The van der Waals surface area contributed by atoms with Crippen LogP contribution in [0.5, 0.6) is 0 Å². The molecule has 5 nitrogen and oxygen atoms in total. The highest BCUT2D eigenvalue weighted by atomic mass is 16.4. The van der Waals surface area contributed by atoms with Crippen molar-refractivity contribution < 1.29 is 14.7 Å². The minimum atomic E-state index is -1.23. The molecule has 0 saturated carbocycles. The molecule has 1 aromatic rings. The number of benzene rings is 1. The normalized spacial score (nSPS) is 14.6. The summed E-state index contributed by atoms with van der Waals surface area (Å²) in [7, 11) is 1.52. The predicted octanol–water partition coefficient (Wildman–Crippen LogP) is 1.27. The van der Waals surface area contributed by atoms with Gasteiger partial charge < -0.3 is 15.3 Å². The van der Waals surface area contributed by atoms with Crippen LogP contribution in [0.1, 0.15) is 35.3 Å². The van der Waals surface area contributed by atoms with Crippen LogP contribution in [0, 0.1) is 0 Å². The highest BCUT2D eigenvalue weighted by molar-refractivity contribution is 5.97. The van der Waals surface area contributed by atoms with Crippen molar-refractivity contribution in [3.63, 3.8) is 0 Å². The molecule has 0 unspecified atom stereocenters. The second-order valence-corrected chi connectivity index (χ2v) is 5.64. The number of aliphatic carboxylic acids is 1. The van der Waals surface area contributed by atoms with Gasteiger partial charge in [0.25, 0.3) is 5.91 Å². The van der Waals surface area contributed by atoms with Crippen LogP contribution in [0.3, 0.4) is 0 Å². The number of carboxylic acid groups (broad SMARTS) is 1. The molecule has 1 heterocycles. The van der Waals surface area contributed by atoms with Crippen molar-refractivity contribution in [1.29, 1.82) is 0 Å². The van der Waals surface area contributed by atoms with E-state index in [4.69, 9.17) is 0 Å². The molecule has 0 spiro atoms. The third-order valence-electron chi connectivity index (χ3n) is 4.01. The Hall–Kier alpha value is -1.88. The molecular weight excluding hydrogens is 256 g/mol. The Bertz CT molecular complexity index is 552. The third kappa shape index (κ3) is 2.54. The summed E-state index contributed by atoms with van der Waals surface area (Å²) in [5, 5.41) is 12.5. The number of carbonyl (C=O) groups is 2. The summed E-state index contributed by atoms with van der Waals surface area (Å²) in [5.74, 6) is -1.29. The lowest BCUT2D eigenvalue weighted by Gasteiger charge is -2.32. The lowest BCUT2D eigenvalue weighted by atomic mass is 9.97. The van der Waals surface area contributed by atoms with Gasteiger partial charge >= 0.3 is 5.97 Å². The number of hydrogen-bond acceptors (Lipinski definition) is 3. The van der Waals surface area contributed by atoms with Crippen LogP contribution in [0.15, 0.2) is 18.2 Å². The van der Waals surface area contributed by atoms with Crippen molar-refractivity contribution in [3.8, 4) is 0 Å². The monoisotopic (exact) mass is 276 g/mol. The lowest BCUT2D eigenvalue weighted by Crippen LogP contribution is -2.50. The van der Waals surface area contributed by atoms with Gasteiger partial charge in [-0.25, -0.2) is 4.79 Å². The zero-order valence-corrected chi connectivity index (χ0v) is 12.1. The first-order chi connectivity index (χ1) is 9.34. The maximum atomic E-state index is 12.4. The molecule has 1 aliphatic heterocycles. The first kappa shape index (κ1) is 14.5. The van der Waals surface area contributed by atoms with E-state index < -0.39 is 11.5 Å². The minimum Gasteiger partial charge on any atom is -0.480 e. The second-order valence-electron chi connectivity index (χ2n) is 5.64. The van der Waals surface area contributed by atoms with Gasteiger partial charge in [0, 0.05) is 19.2 Å². The molecule has 0 aromatic heterocycles. The van der Waals surface area contributed by atoms with Gasteiger partial charge in [-0.15, -0.1) is 0 Å².